The summed E-state index contributed by atoms with van der Waals surface area (Å²) in [5.74, 6) is 0.741. The van der Waals surface area contributed by atoms with Crippen LogP contribution in [0.5, 0.6) is 0 Å². The lowest BCUT2D eigenvalue weighted by molar-refractivity contribution is -0.120. The number of carbonyl (C=O) groups is 1. The number of rotatable bonds is 5. The number of aliphatic imine (C=N–C) groups is 1. The van der Waals surface area contributed by atoms with E-state index >= 15 is 0 Å². The highest BCUT2D eigenvalue weighted by molar-refractivity contribution is 5.86. The molecule has 0 aromatic carbocycles. The summed E-state index contributed by atoms with van der Waals surface area (Å²) in [7, 11) is 1.74. The van der Waals surface area contributed by atoms with Gasteiger partial charge in [0, 0.05) is 33.3 Å². The molecule has 0 radical (unpaired) electrons. The molecule has 7 nitrogen and oxygen atoms in total. The van der Waals surface area contributed by atoms with Crippen LogP contribution in [0.25, 0.3) is 0 Å². The Morgan fingerprint density at radius 1 is 1.27 bits per heavy atom. The molecule has 2 atom stereocenters. The Balaban J connectivity index is 1.80. The number of ether oxygens (including phenoxy) is 2. The highest BCUT2D eigenvalue weighted by atomic mass is 16.5. The zero-order chi connectivity index (χ0) is 15.8. The lowest BCUT2D eigenvalue weighted by atomic mass is 10.1. The fourth-order valence-corrected chi connectivity index (χ4v) is 2.81. The van der Waals surface area contributed by atoms with Crippen LogP contribution in [0, 0.1) is 0 Å². The minimum absolute atomic E-state index is 0.00747. The van der Waals surface area contributed by atoms with Crippen molar-refractivity contribution in [3.63, 3.8) is 0 Å². The van der Waals surface area contributed by atoms with Gasteiger partial charge in [-0.25, -0.2) is 0 Å². The van der Waals surface area contributed by atoms with Gasteiger partial charge in [-0.05, 0) is 19.3 Å². The molecule has 2 heterocycles. The molecule has 2 unspecified atom stereocenters. The molecule has 2 aliphatic heterocycles. The molecule has 0 aliphatic carbocycles. The standard InChI is InChI=1S/C15H28N4O3/c1-3-6-17-14(20)10-18-15(16-2)19-7-9-22-13(11-19)12-5-4-8-21-12/h12-13H,3-11H2,1-2H3,(H,16,18)(H,17,20). The molecule has 2 rings (SSSR count). The lowest BCUT2D eigenvalue weighted by Gasteiger charge is -2.37. The SMILES string of the molecule is CCCNC(=O)CNC(=NC)N1CCOC(C2CCCO2)C1. The second-order valence-corrected chi connectivity index (χ2v) is 5.66. The van der Waals surface area contributed by atoms with Crippen molar-refractivity contribution in [3.8, 4) is 0 Å². The predicted octanol–water partition coefficient (Wildman–Crippen LogP) is -0.0322. The van der Waals surface area contributed by atoms with E-state index in [4.69, 9.17) is 9.47 Å². The maximum Gasteiger partial charge on any atom is 0.239 e. The van der Waals surface area contributed by atoms with Crippen molar-refractivity contribution in [1.82, 2.24) is 15.5 Å². The van der Waals surface area contributed by atoms with Gasteiger partial charge in [0.05, 0.1) is 19.3 Å². The Bertz CT molecular complexity index is 383. The maximum absolute atomic E-state index is 11.7. The van der Waals surface area contributed by atoms with Crippen LogP contribution >= 0.6 is 0 Å². The zero-order valence-electron chi connectivity index (χ0n) is 13.6. The van der Waals surface area contributed by atoms with Crippen LogP contribution < -0.4 is 10.6 Å². The molecule has 2 fully saturated rings. The number of nitrogens with zero attached hydrogens (tertiary/aromatic N) is 2. The first-order chi connectivity index (χ1) is 10.7. The number of hydrogen-bond donors (Lipinski definition) is 2. The molecule has 22 heavy (non-hydrogen) atoms. The van der Waals surface area contributed by atoms with Crippen LogP contribution in [0.15, 0.2) is 4.99 Å². The van der Waals surface area contributed by atoms with Crippen molar-refractivity contribution < 1.29 is 14.3 Å². The van der Waals surface area contributed by atoms with Gasteiger partial charge in [-0.3, -0.25) is 9.79 Å². The summed E-state index contributed by atoms with van der Waals surface area (Å²) in [5, 5.41) is 5.98. The van der Waals surface area contributed by atoms with E-state index in [1.165, 1.54) is 0 Å². The van der Waals surface area contributed by atoms with E-state index in [9.17, 15) is 4.79 Å². The van der Waals surface area contributed by atoms with Crippen molar-refractivity contribution in [1.29, 1.82) is 0 Å². The van der Waals surface area contributed by atoms with Crippen LogP contribution in [-0.2, 0) is 14.3 Å². The number of guanidine groups is 1. The van der Waals surface area contributed by atoms with Gasteiger partial charge in [0.2, 0.25) is 5.91 Å². The first-order valence-corrected chi connectivity index (χ1v) is 8.20. The van der Waals surface area contributed by atoms with E-state index in [0.717, 1.165) is 44.9 Å². The quantitative estimate of drug-likeness (QED) is 0.551. The fraction of sp³-hybridized carbons (Fsp3) is 0.867. The van der Waals surface area contributed by atoms with E-state index in [0.29, 0.717) is 13.2 Å². The Labute approximate surface area is 132 Å². The summed E-state index contributed by atoms with van der Waals surface area (Å²) in [6.07, 6.45) is 3.38. The summed E-state index contributed by atoms with van der Waals surface area (Å²) in [6, 6.07) is 0. The second kappa shape index (κ2) is 8.95. The van der Waals surface area contributed by atoms with E-state index < -0.39 is 0 Å². The molecule has 2 aliphatic rings. The van der Waals surface area contributed by atoms with Gasteiger partial charge in [0.15, 0.2) is 5.96 Å². The van der Waals surface area contributed by atoms with Crippen molar-refractivity contribution in [2.45, 2.75) is 38.4 Å². The van der Waals surface area contributed by atoms with Gasteiger partial charge in [-0.15, -0.1) is 0 Å². The van der Waals surface area contributed by atoms with Crippen molar-refractivity contribution in [2.75, 3.05) is 46.4 Å². The van der Waals surface area contributed by atoms with E-state index in [2.05, 4.69) is 20.5 Å². The minimum Gasteiger partial charge on any atom is -0.375 e. The Morgan fingerprint density at radius 2 is 2.09 bits per heavy atom. The van der Waals surface area contributed by atoms with E-state index in [-0.39, 0.29) is 24.7 Å². The molecule has 0 spiro atoms. The average molecular weight is 312 g/mol. The topological polar surface area (TPSA) is 75.2 Å². The van der Waals surface area contributed by atoms with Crippen LogP contribution in [0.1, 0.15) is 26.2 Å². The summed E-state index contributed by atoms with van der Waals surface area (Å²) < 4.78 is 11.6. The second-order valence-electron chi connectivity index (χ2n) is 5.66. The summed E-state index contributed by atoms with van der Waals surface area (Å²) in [5.41, 5.74) is 0. The number of nitrogens with one attached hydrogen (secondary N) is 2. The number of amides is 1. The van der Waals surface area contributed by atoms with Gasteiger partial charge >= 0.3 is 0 Å². The maximum atomic E-state index is 11.7. The Kier molecular flexibility index (Phi) is 6.92. The molecule has 126 valence electrons. The third-order valence-corrected chi connectivity index (χ3v) is 3.96. The number of carbonyl (C=O) groups excluding carboxylic acids is 1. The number of hydrogen-bond acceptors (Lipinski definition) is 4. The van der Waals surface area contributed by atoms with Crippen molar-refractivity contribution >= 4 is 11.9 Å². The summed E-state index contributed by atoms with van der Waals surface area (Å²) in [4.78, 5) is 18.1. The van der Waals surface area contributed by atoms with E-state index in [1.54, 1.807) is 7.05 Å². The van der Waals surface area contributed by atoms with Crippen molar-refractivity contribution in [3.05, 3.63) is 0 Å². The van der Waals surface area contributed by atoms with E-state index in [1.807, 2.05) is 6.92 Å². The molecular formula is C15H28N4O3. The molecule has 0 saturated carbocycles. The zero-order valence-corrected chi connectivity index (χ0v) is 13.6. The monoisotopic (exact) mass is 312 g/mol. The predicted molar refractivity (Wildman–Crippen MR) is 84.9 cm³/mol. The van der Waals surface area contributed by atoms with Gasteiger partial charge in [0.25, 0.3) is 0 Å². The van der Waals surface area contributed by atoms with Crippen LogP contribution in [0.2, 0.25) is 0 Å². The van der Waals surface area contributed by atoms with Crippen LogP contribution in [0.4, 0.5) is 0 Å². The van der Waals surface area contributed by atoms with Crippen molar-refractivity contribution in [2.24, 2.45) is 4.99 Å². The highest BCUT2D eigenvalue weighted by Crippen LogP contribution is 2.20. The molecule has 0 bridgehead atoms. The van der Waals surface area contributed by atoms with Gasteiger partial charge < -0.3 is 25.0 Å². The summed E-state index contributed by atoms with van der Waals surface area (Å²) in [6.45, 7) is 6.00. The molecule has 2 N–H and O–H groups in total. The molecule has 2 saturated heterocycles. The summed E-state index contributed by atoms with van der Waals surface area (Å²) >= 11 is 0. The molecule has 1 amide bonds. The highest BCUT2D eigenvalue weighted by Gasteiger charge is 2.32. The first-order valence-electron chi connectivity index (χ1n) is 8.20. The smallest absolute Gasteiger partial charge is 0.239 e. The van der Waals surface area contributed by atoms with Gasteiger partial charge in [0.1, 0.15) is 6.10 Å². The molecular weight excluding hydrogens is 284 g/mol. The van der Waals surface area contributed by atoms with Gasteiger partial charge in [-0.2, -0.15) is 0 Å². The number of morpholine rings is 1. The molecule has 0 aromatic heterocycles. The Morgan fingerprint density at radius 3 is 2.77 bits per heavy atom. The molecule has 0 aromatic rings. The molecule has 7 heteroatoms. The minimum atomic E-state index is -0.00747. The first kappa shape index (κ1) is 17.0. The third kappa shape index (κ3) is 4.84. The lowest BCUT2D eigenvalue weighted by Crippen LogP contribution is -2.54. The third-order valence-electron chi connectivity index (χ3n) is 3.96. The van der Waals surface area contributed by atoms with Gasteiger partial charge in [-0.1, -0.05) is 6.92 Å². The Hall–Kier alpha value is -1.34. The van der Waals surface area contributed by atoms with Crippen LogP contribution in [-0.4, -0.2) is 75.4 Å². The largest absolute Gasteiger partial charge is 0.375 e. The fourth-order valence-electron chi connectivity index (χ4n) is 2.81. The average Bonchev–Trinajstić information content (AvgIpc) is 3.08. The normalized spacial score (nSPS) is 26.1. The van der Waals surface area contributed by atoms with Crippen LogP contribution in [0.3, 0.4) is 0 Å².